The summed E-state index contributed by atoms with van der Waals surface area (Å²) in [5, 5.41) is 0.0467. The summed E-state index contributed by atoms with van der Waals surface area (Å²) in [6, 6.07) is 3.52. The molecule has 0 spiro atoms. The lowest BCUT2D eigenvalue weighted by molar-refractivity contribution is -0.142. The summed E-state index contributed by atoms with van der Waals surface area (Å²) >= 11 is 5.51. The van der Waals surface area contributed by atoms with E-state index in [1.807, 2.05) is 0 Å². The highest BCUT2D eigenvalue weighted by atomic mass is 35.5. The van der Waals surface area contributed by atoms with E-state index >= 15 is 0 Å². The smallest absolute Gasteiger partial charge is 0.322 e. The first-order valence-electron chi connectivity index (χ1n) is 4.32. The van der Waals surface area contributed by atoms with Crippen LogP contribution in [0.3, 0.4) is 0 Å². The van der Waals surface area contributed by atoms with Crippen LogP contribution in [0.25, 0.3) is 0 Å². The Morgan fingerprint density at radius 2 is 2.33 bits per heavy atom. The molecule has 2 N–H and O–H groups in total. The summed E-state index contributed by atoms with van der Waals surface area (Å²) < 4.78 is 17.5. The van der Waals surface area contributed by atoms with Gasteiger partial charge in [0.1, 0.15) is 11.9 Å². The third kappa shape index (κ3) is 3.18. The summed E-state index contributed by atoms with van der Waals surface area (Å²) in [6.45, 7) is 0. The van der Waals surface area contributed by atoms with Crippen LogP contribution in [0.2, 0.25) is 5.02 Å². The van der Waals surface area contributed by atoms with Crippen molar-refractivity contribution < 1.29 is 13.9 Å². The first kappa shape index (κ1) is 11.9. The van der Waals surface area contributed by atoms with E-state index in [0.29, 0.717) is 5.56 Å². The number of benzene rings is 1. The van der Waals surface area contributed by atoms with E-state index in [1.54, 1.807) is 6.07 Å². The van der Waals surface area contributed by atoms with Gasteiger partial charge in [0.15, 0.2) is 0 Å². The predicted octanol–water partition coefficient (Wildman–Crippen LogP) is 1.52. The van der Waals surface area contributed by atoms with Gasteiger partial charge in [-0.2, -0.15) is 0 Å². The van der Waals surface area contributed by atoms with Gasteiger partial charge in [-0.1, -0.05) is 17.7 Å². The highest BCUT2D eigenvalue weighted by Gasteiger charge is 2.14. The van der Waals surface area contributed by atoms with Gasteiger partial charge < -0.3 is 10.5 Å². The third-order valence-corrected chi connectivity index (χ3v) is 2.25. The Kier molecular flexibility index (Phi) is 4.05. The number of carbonyl (C=O) groups is 1. The average molecular weight is 232 g/mol. The van der Waals surface area contributed by atoms with E-state index < -0.39 is 17.8 Å². The molecule has 0 aromatic heterocycles. The zero-order valence-electron chi connectivity index (χ0n) is 8.17. The van der Waals surface area contributed by atoms with E-state index in [1.165, 1.54) is 19.2 Å². The van der Waals surface area contributed by atoms with E-state index in [2.05, 4.69) is 4.74 Å². The summed E-state index contributed by atoms with van der Waals surface area (Å²) in [7, 11) is 1.25. The number of esters is 1. The first-order chi connectivity index (χ1) is 7.04. The fraction of sp³-hybridized carbons (Fsp3) is 0.300. The molecule has 0 amide bonds. The summed E-state index contributed by atoms with van der Waals surface area (Å²) in [6.07, 6.45) is 0.223. The normalized spacial score (nSPS) is 12.3. The standard InChI is InChI=1S/C10H11ClFNO2/c1-15-10(14)9(13)5-6-2-3-7(11)8(12)4-6/h2-4,9H,5,13H2,1H3/t9-/m1/s1. The minimum absolute atomic E-state index is 0.0467. The predicted molar refractivity (Wildman–Crippen MR) is 55.1 cm³/mol. The van der Waals surface area contributed by atoms with Gasteiger partial charge in [0.25, 0.3) is 0 Å². The molecule has 0 aliphatic rings. The van der Waals surface area contributed by atoms with E-state index in [9.17, 15) is 9.18 Å². The maximum absolute atomic E-state index is 13.0. The Labute approximate surface area is 92.0 Å². The van der Waals surface area contributed by atoms with Crippen molar-refractivity contribution in [3.8, 4) is 0 Å². The Balaban J connectivity index is 2.73. The van der Waals surface area contributed by atoms with Crippen molar-refractivity contribution in [2.24, 2.45) is 5.73 Å². The van der Waals surface area contributed by atoms with Gasteiger partial charge in [0.05, 0.1) is 12.1 Å². The monoisotopic (exact) mass is 231 g/mol. The third-order valence-electron chi connectivity index (χ3n) is 1.94. The molecule has 0 bridgehead atoms. The Morgan fingerprint density at radius 3 is 2.87 bits per heavy atom. The molecule has 1 rings (SSSR count). The SMILES string of the molecule is COC(=O)[C@H](N)Cc1ccc(Cl)c(F)c1. The zero-order valence-corrected chi connectivity index (χ0v) is 8.92. The van der Waals surface area contributed by atoms with Gasteiger partial charge in [0.2, 0.25) is 0 Å². The maximum Gasteiger partial charge on any atom is 0.322 e. The fourth-order valence-electron chi connectivity index (χ4n) is 1.16. The molecular weight excluding hydrogens is 221 g/mol. The molecule has 0 aliphatic carbocycles. The zero-order chi connectivity index (χ0) is 11.4. The van der Waals surface area contributed by atoms with E-state index in [4.69, 9.17) is 17.3 Å². The van der Waals surface area contributed by atoms with Gasteiger partial charge in [-0.05, 0) is 24.1 Å². The Morgan fingerprint density at radius 1 is 1.67 bits per heavy atom. The second-order valence-corrected chi connectivity index (χ2v) is 3.49. The minimum Gasteiger partial charge on any atom is -0.468 e. The molecule has 1 atom stereocenters. The van der Waals surface area contributed by atoms with Crippen molar-refractivity contribution in [2.75, 3.05) is 7.11 Å². The molecule has 1 aromatic rings. The molecule has 15 heavy (non-hydrogen) atoms. The largest absolute Gasteiger partial charge is 0.468 e. The molecule has 0 saturated heterocycles. The molecule has 0 aliphatic heterocycles. The minimum atomic E-state index is -0.782. The summed E-state index contributed by atoms with van der Waals surface area (Å²) in [5.74, 6) is -1.04. The number of halogens is 2. The second-order valence-electron chi connectivity index (χ2n) is 3.08. The van der Waals surface area contributed by atoms with Gasteiger partial charge in [-0.25, -0.2) is 4.39 Å². The van der Waals surface area contributed by atoms with Crippen molar-refractivity contribution in [2.45, 2.75) is 12.5 Å². The van der Waals surface area contributed by atoms with Gasteiger partial charge >= 0.3 is 5.97 Å². The summed E-state index contributed by atoms with van der Waals surface area (Å²) in [5.41, 5.74) is 6.12. The number of carbonyl (C=O) groups excluding carboxylic acids is 1. The van der Waals surface area contributed by atoms with E-state index in [0.717, 1.165) is 0 Å². The summed E-state index contributed by atoms with van der Waals surface area (Å²) in [4.78, 5) is 11.0. The number of ether oxygens (including phenoxy) is 1. The van der Waals surface area contributed by atoms with Crippen molar-refractivity contribution in [3.05, 3.63) is 34.6 Å². The number of rotatable bonds is 3. The van der Waals surface area contributed by atoms with Gasteiger partial charge in [-0.15, -0.1) is 0 Å². The van der Waals surface area contributed by atoms with Crippen LogP contribution in [0.5, 0.6) is 0 Å². The molecule has 0 unspecified atom stereocenters. The Hall–Kier alpha value is -1.13. The van der Waals surface area contributed by atoms with Crippen LogP contribution >= 0.6 is 11.6 Å². The molecule has 0 saturated carbocycles. The number of hydrogen-bond donors (Lipinski definition) is 1. The van der Waals surface area contributed by atoms with Crippen LogP contribution in [-0.4, -0.2) is 19.1 Å². The van der Waals surface area contributed by atoms with Crippen molar-refractivity contribution in [3.63, 3.8) is 0 Å². The van der Waals surface area contributed by atoms with Crippen molar-refractivity contribution in [1.82, 2.24) is 0 Å². The molecule has 0 radical (unpaired) electrons. The van der Waals surface area contributed by atoms with Crippen LogP contribution in [0.15, 0.2) is 18.2 Å². The maximum atomic E-state index is 13.0. The molecule has 82 valence electrons. The van der Waals surface area contributed by atoms with Crippen LogP contribution in [-0.2, 0) is 16.0 Å². The van der Waals surface area contributed by atoms with Gasteiger partial charge in [-0.3, -0.25) is 4.79 Å². The van der Waals surface area contributed by atoms with Gasteiger partial charge in [0, 0.05) is 0 Å². The lowest BCUT2D eigenvalue weighted by Gasteiger charge is -2.09. The van der Waals surface area contributed by atoms with Crippen LogP contribution in [0.1, 0.15) is 5.56 Å². The highest BCUT2D eigenvalue weighted by molar-refractivity contribution is 6.30. The van der Waals surface area contributed by atoms with E-state index in [-0.39, 0.29) is 11.4 Å². The van der Waals surface area contributed by atoms with Crippen LogP contribution < -0.4 is 5.73 Å². The lowest BCUT2D eigenvalue weighted by atomic mass is 10.1. The molecule has 5 heteroatoms. The number of hydrogen-bond acceptors (Lipinski definition) is 3. The molecule has 0 heterocycles. The first-order valence-corrected chi connectivity index (χ1v) is 4.69. The number of methoxy groups -OCH3 is 1. The van der Waals surface area contributed by atoms with Crippen LogP contribution in [0.4, 0.5) is 4.39 Å². The number of nitrogens with two attached hydrogens (primary N) is 1. The van der Waals surface area contributed by atoms with Crippen LogP contribution in [0, 0.1) is 5.82 Å². The topological polar surface area (TPSA) is 52.3 Å². The molecular formula is C10H11ClFNO2. The molecule has 3 nitrogen and oxygen atoms in total. The quantitative estimate of drug-likeness (QED) is 0.803. The average Bonchev–Trinajstić information content (AvgIpc) is 2.22. The van der Waals surface area contributed by atoms with Crippen molar-refractivity contribution >= 4 is 17.6 Å². The highest BCUT2D eigenvalue weighted by Crippen LogP contribution is 2.16. The lowest BCUT2D eigenvalue weighted by Crippen LogP contribution is -2.33. The van der Waals surface area contributed by atoms with Crippen molar-refractivity contribution in [1.29, 1.82) is 0 Å². The molecule has 0 fully saturated rings. The fourth-order valence-corrected chi connectivity index (χ4v) is 1.27. The Bertz CT molecular complexity index is 370. The second kappa shape index (κ2) is 5.09. The molecule has 1 aromatic carbocycles.